The lowest BCUT2D eigenvalue weighted by molar-refractivity contribution is -0.121. The van der Waals surface area contributed by atoms with E-state index in [9.17, 15) is 9.59 Å². The van der Waals surface area contributed by atoms with Crippen LogP contribution in [-0.4, -0.2) is 29.4 Å². The molecule has 0 saturated heterocycles. The lowest BCUT2D eigenvalue weighted by atomic mass is 10.0. The minimum atomic E-state index is -0.566. The minimum absolute atomic E-state index is 0.0230. The van der Waals surface area contributed by atoms with Crippen molar-refractivity contribution in [1.82, 2.24) is 15.3 Å². The molecule has 7 heteroatoms. The van der Waals surface area contributed by atoms with Gasteiger partial charge in [0.05, 0.1) is 31.0 Å². The Balaban J connectivity index is 1.48. The summed E-state index contributed by atoms with van der Waals surface area (Å²) in [6, 6.07) is 25.4. The molecule has 0 aliphatic heterocycles. The van der Waals surface area contributed by atoms with Crippen molar-refractivity contribution in [3.05, 3.63) is 101 Å². The lowest BCUT2D eigenvalue weighted by Gasteiger charge is -2.18. The Morgan fingerprint density at radius 1 is 1.00 bits per heavy atom. The molecule has 184 valence electrons. The van der Waals surface area contributed by atoms with Gasteiger partial charge in [-0.15, -0.1) is 0 Å². The minimum Gasteiger partial charge on any atom is -0.450 e. The summed E-state index contributed by atoms with van der Waals surface area (Å²) in [5.74, 6) is -0.320. The van der Waals surface area contributed by atoms with Gasteiger partial charge in [0.2, 0.25) is 5.91 Å². The largest absolute Gasteiger partial charge is 0.450 e. The van der Waals surface area contributed by atoms with Crippen LogP contribution in [-0.2, 0) is 9.53 Å². The molecule has 0 bridgehead atoms. The first-order valence-electron chi connectivity index (χ1n) is 11.9. The molecule has 1 heterocycles. The van der Waals surface area contributed by atoms with Gasteiger partial charge < -0.3 is 14.6 Å². The number of ether oxygens (including phenoxy) is 1. The molecule has 0 saturated carbocycles. The Kier molecular flexibility index (Phi) is 7.80. The highest BCUT2D eigenvalue weighted by atomic mass is 16.5. The van der Waals surface area contributed by atoms with E-state index in [4.69, 9.17) is 4.74 Å². The third-order valence-electron chi connectivity index (χ3n) is 6.03. The Hall–Kier alpha value is -4.39. The molecule has 2 amide bonds. The Labute approximate surface area is 210 Å². The maximum Gasteiger partial charge on any atom is 0.407 e. The molecule has 0 unspecified atom stereocenters. The van der Waals surface area contributed by atoms with E-state index in [1.54, 1.807) is 13.1 Å². The molecule has 0 radical (unpaired) electrons. The van der Waals surface area contributed by atoms with Crippen molar-refractivity contribution in [2.24, 2.45) is 5.10 Å². The monoisotopic (exact) mass is 482 g/mol. The third-order valence-corrected chi connectivity index (χ3v) is 6.03. The number of nitrogens with zero attached hydrogens (tertiary/aromatic N) is 2. The number of carbonyl (C=O) groups excluding carboxylic acids is 2. The number of hydrogen-bond donors (Lipinski definition) is 2. The fourth-order valence-corrected chi connectivity index (χ4v) is 4.35. The van der Waals surface area contributed by atoms with E-state index in [1.165, 1.54) is 10.8 Å². The van der Waals surface area contributed by atoms with Crippen LogP contribution in [0.1, 0.15) is 41.9 Å². The van der Waals surface area contributed by atoms with Crippen molar-refractivity contribution in [3.8, 4) is 5.69 Å². The smallest absolute Gasteiger partial charge is 0.407 e. The van der Waals surface area contributed by atoms with Crippen molar-refractivity contribution in [2.45, 2.75) is 33.2 Å². The number of nitrogens with one attached hydrogen (secondary N) is 2. The highest BCUT2D eigenvalue weighted by molar-refractivity contribution is 5.91. The van der Waals surface area contributed by atoms with E-state index >= 15 is 0 Å². The van der Waals surface area contributed by atoms with Crippen molar-refractivity contribution in [1.29, 1.82) is 0 Å². The Bertz CT molecular complexity index is 1390. The summed E-state index contributed by atoms with van der Waals surface area (Å²) in [6.07, 6.45) is 1.11. The molecule has 0 spiro atoms. The molecule has 0 aliphatic rings. The van der Waals surface area contributed by atoms with E-state index < -0.39 is 12.1 Å². The molecule has 0 fully saturated rings. The van der Waals surface area contributed by atoms with Crippen LogP contribution in [0.2, 0.25) is 0 Å². The molecular formula is C29H30N4O3. The van der Waals surface area contributed by atoms with Crippen LogP contribution in [0.4, 0.5) is 4.79 Å². The van der Waals surface area contributed by atoms with Crippen LogP contribution in [0.3, 0.4) is 0 Å². The molecule has 36 heavy (non-hydrogen) atoms. The van der Waals surface area contributed by atoms with Crippen LogP contribution in [0.5, 0.6) is 0 Å². The zero-order valence-electron chi connectivity index (χ0n) is 20.7. The molecule has 3 aromatic carbocycles. The zero-order valence-corrected chi connectivity index (χ0v) is 20.7. The van der Waals surface area contributed by atoms with E-state index in [0.717, 1.165) is 28.2 Å². The maximum atomic E-state index is 12.7. The number of aryl methyl sites for hydroxylation is 1. The van der Waals surface area contributed by atoms with Gasteiger partial charge in [0.15, 0.2) is 0 Å². The van der Waals surface area contributed by atoms with Gasteiger partial charge in [-0.05, 0) is 43.9 Å². The van der Waals surface area contributed by atoms with Crippen molar-refractivity contribution < 1.29 is 14.3 Å². The molecule has 4 rings (SSSR count). The van der Waals surface area contributed by atoms with E-state index in [1.807, 2.05) is 55.5 Å². The fraction of sp³-hybridized carbons (Fsp3) is 0.207. The van der Waals surface area contributed by atoms with Gasteiger partial charge in [-0.3, -0.25) is 4.79 Å². The van der Waals surface area contributed by atoms with E-state index in [2.05, 4.69) is 57.7 Å². The number of amides is 2. The molecule has 1 atom stereocenters. The summed E-state index contributed by atoms with van der Waals surface area (Å²) in [7, 11) is 0. The average Bonchev–Trinajstić information content (AvgIpc) is 3.16. The summed E-state index contributed by atoms with van der Waals surface area (Å²) >= 11 is 0. The number of rotatable bonds is 8. The maximum absolute atomic E-state index is 12.7. The second-order valence-electron chi connectivity index (χ2n) is 8.49. The predicted octanol–water partition coefficient (Wildman–Crippen LogP) is 5.57. The SMILES string of the molecule is CCOC(=O)N[C@@H](CC(=O)N/N=C\c1cc(C)n(-c2cccc3ccccc23)c1C)c1ccccc1. The van der Waals surface area contributed by atoms with Crippen molar-refractivity contribution in [2.75, 3.05) is 6.61 Å². The zero-order chi connectivity index (χ0) is 25.5. The highest BCUT2D eigenvalue weighted by Crippen LogP contribution is 2.27. The summed E-state index contributed by atoms with van der Waals surface area (Å²) in [5.41, 5.74) is 7.50. The normalized spacial score (nSPS) is 12.0. The van der Waals surface area contributed by atoms with E-state index in [0.29, 0.717) is 0 Å². The number of hydrazone groups is 1. The second kappa shape index (κ2) is 11.4. The highest BCUT2D eigenvalue weighted by Gasteiger charge is 2.19. The number of alkyl carbamates (subject to hydrolysis) is 1. The van der Waals surface area contributed by atoms with Gasteiger partial charge in [0, 0.05) is 22.3 Å². The van der Waals surface area contributed by atoms with Gasteiger partial charge in [0.1, 0.15) is 0 Å². The van der Waals surface area contributed by atoms with Gasteiger partial charge in [-0.2, -0.15) is 5.10 Å². The molecule has 2 N–H and O–H groups in total. The number of carbonyl (C=O) groups is 2. The van der Waals surface area contributed by atoms with Crippen LogP contribution >= 0.6 is 0 Å². The summed E-state index contributed by atoms with van der Waals surface area (Å²) in [4.78, 5) is 24.6. The van der Waals surface area contributed by atoms with Crippen LogP contribution in [0.15, 0.2) is 84.0 Å². The van der Waals surface area contributed by atoms with Gasteiger partial charge >= 0.3 is 6.09 Å². The third kappa shape index (κ3) is 5.63. The number of benzene rings is 3. The molecule has 7 nitrogen and oxygen atoms in total. The molecule has 4 aromatic rings. The Morgan fingerprint density at radius 3 is 2.50 bits per heavy atom. The standard InChI is InChI=1S/C29H30N4O3/c1-4-36-29(35)31-26(23-12-6-5-7-13-23)18-28(34)32-30-19-24-17-20(2)33(21(24)3)27-16-10-14-22-11-8-9-15-25(22)27/h5-17,19,26H,4,18H2,1-3H3,(H,31,35)(H,32,34)/b30-19-/t26-/m0/s1. The number of aromatic nitrogens is 1. The summed E-state index contributed by atoms with van der Waals surface area (Å²) < 4.78 is 7.19. The van der Waals surface area contributed by atoms with Crippen LogP contribution < -0.4 is 10.7 Å². The van der Waals surface area contributed by atoms with Gasteiger partial charge in [-0.1, -0.05) is 66.7 Å². The van der Waals surface area contributed by atoms with Crippen molar-refractivity contribution in [3.63, 3.8) is 0 Å². The van der Waals surface area contributed by atoms with Gasteiger partial charge in [-0.25, -0.2) is 10.2 Å². The quantitative estimate of drug-likeness (QED) is 0.254. The Morgan fingerprint density at radius 2 is 1.72 bits per heavy atom. The fourth-order valence-electron chi connectivity index (χ4n) is 4.35. The number of fused-ring (bicyclic) bond motifs is 1. The number of hydrogen-bond acceptors (Lipinski definition) is 4. The first-order valence-corrected chi connectivity index (χ1v) is 11.9. The first kappa shape index (κ1) is 24.7. The van der Waals surface area contributed by atoms with Crippen molar-refractivity contribution >= 4 is 29.0 Å². The summed E-state index contributed by atoms with van der Waals surface area (Å²) in [5, 5.41) is 9.28. The molecule has 1 aromatic heterocycles. The first-order chi connectivity index (χ1) is 17.5. The lowest BCUT2D eigenvalue weighted by Crippen LogP contribution is -2.33. The summed E-state index contributed by atoms with van der Waals surface area (Å²) in [6.45, 7) is 6.07. The van der Waals surface area contributed by atoms with Crippen LogP contribution in [0, 0.1) is 13.8 Å². The van der Waals surface area contributed by atoms with Crippen LogP contribution in [0.25, 0.3) is 16.5 Å². The molecule has 0 aliphatic carbocycles. The second-order valence-corrected chi connectivity index (χ2v) is 8.49. The molecular weight excluding hydrogens is 452 g/mol. The topological polar surface area (TPSA) is 84.7 Å². The van der Waals surface area contributed by atoms with Gasteiger partial charge in [0.25, 0.3) is 0 Å². The average molecular weight is 483 g/mol. The van der Waals surface area contributed by atoms with E-state index in [-0.39, 0.29) is 18.9 Å². The predicted molar refractivity (Wildman–Crippen MR) is 142 cm³/mol.